The molecule has 4 nitrogen and oxygen atoms in total. The fourth-order valence-electron chi connectivity index (χ4n) is 1.76. The molecule has 1 aromatic carbocycles. The van der Waals surface area contributed by atoms with Crippen molar-refractivity contribution >= 4 is 28.0 Å². The first kappa shape index (κ1) is 17.7. The summed E-state index contributed by atoms with van der Waals surface area (Å²) in [5, 5.41) is 8.74. The lowest BCUT2D eigenvalue weighted by molar-refractivity contribution is -0.131. The molecular weight excluding hydrogens is 336 g/mol. The molecular formula is C16H21BrO4. The SMILES string of the molecule is Cc1cc(Br)cc(/C=C/C(=O)O)c1OCCOCC(C)C. The Morgan fingerprint density at radius 2 is 2.10 bits per heavy atom. The predicted molar refractivity (Wildman–Crippen MR) is 86.7 cm³/mol. The quantitative estimate of drug-likeness (QED) is 0.566. The number of aryl methyl sites for hydroxylation is 1. The van der Waals surface area contributed by atoms with Crippen LogP contribution in [0.1, 0.15) is 25.0 Å². The van der Waals surface area contributed by atoms with Gasteiger partial charge in [-0.05, 0) is 36.6 Å². The van der Waals surface area contributed by atoms with Crippen LogP contribution in [0.15, 0.2) is 22.7 Å². The topological polar surface area (TPSA) is 55.8 Å². The highest BCUT2D eigenvalue weighted by Crippen LogP contribution is 2.29. The molecule has 1 N–H and O–H groups in total. The second-order valence-corrected chi connectivity index (χ2v) is 6.05. The van der Waals surface area contributed by atoms with Crippen molar-refractivity contribution in [2.45, 2.75) is 20.8 Å². The maximum absolute atomic E-state index is 10.7. The Morgan fingerprint density at radius 3 is 2.71 bits per heavy atom. The minimum absolute atomic E-state index is 0.434. The van der Waals surface area contributed by atoms with Crippen LogP contribution in [0.4, 0.5) is 0 Å². The van der Waals surface area contributed by atoms with E-state index in [-0.39, 0.29) is 0 Å². The van der Waals surface area contributed by atoms with Gasteiger partial charge in [-0.15, -0.1) is 0 Å². The highest BCUT2D eigenvalue weighted by molar-refractivity contribution is 9.10. The van der Waals surface area contributed by atoms with Gasteiger partial charge in [0.05, 0.1) is 6.61 Å². The zero-order chi connectivity index (χ0) is 15.8. The fraction of sp³-hybridized carbons (Fsp3) is 0.438. The number of aliphatic carboxylic acids is 1. The zero-order valence-corrected chi connectivity index (χ0v) is 14.1. The van der Waals surface area contributed by atoms with Gasteiger partial charge in [-0.2, -0.15) is 0 Å². The van der Waals surface area contributed by atoms with Crippen molar-refractivity contribution in [2.75, 3.05) is 19.8 Å². The van der Waals surface area contributed by atoms with E-state index in [0.717, 1.165) is 21.7 Å². The molecule has 1 aromatic rings. The van der Waals surface area contributed by atoms with Gasteiger partial charge in [0.15, 0.2) is 0 Å². The number of hydrogen-bond donors (Lipinski definition) is 1. The second-order valence-electron chi connectivity index (χ2n) is 5.13. The van der Waals surface area contributed by atoms with Crippen molar-refractivity contribution in [1.82, 2.24) is 0 Å². The highest BCUT2D eigenvalue weighted by atomic mass is 79.9. The molecule has 0 saturated heterocycles. The minimum atomic E-state index is -0.987. The summed E-state index contributed by atoms with van der Waals surface area (Å²) in [5.41, 5.74) is 1.67. The van der Waals surface area contributed by atoms with E-state index in [9.17, 15) is 4.79 Å². The van der Waals surface area contributed by atoms with E-state index in [4.69, 9.17) is 14.6 Å². The van der Waals surface area contributed by atoms with Gasteiger partial charge < -0.3 is 14.6 Å². The summed E-state index contributed by atoms with van der Waals surface area (Å²) >= 11 is 3.40. The van der Waals surface area contributed by atoms with Crippen molar-refractivity contribution in [1.29, 1.82) is 0 Å². The van der Waals surface area contributed by atoms with E-state index in [0.29, 0.717) is 31.5 Å². The first-order valence-corrected chi connectivity index (χ1v) is 7.61. The van der Waals surface area contributed by atoms with Crippen molar-refractivity contribution in [3.8, 4) is 5.75 Å². The van der Waals surface area contributed by atoms with E-state index in [2.05, 4.69) is 29.8 Å². The van der Waals surface area contributed by atoms with E-state index in [1.807, 2.05) is 19.1 Å². The highest BCUT2D eigenvalue weighted by Gasteiger charge is 2.08. The monoisotopic (exact) mass is 356 g/mol. The lowest BCUT2D eigenvalue weighted by Crippen LogP contribution is -2.11. The van der Waals surface area contributed by atoms with E-state index in [1.54, 1.807) is 0 Å². The maximum Gasteiger partial charge on any atom is 0.328 e. The number of ether oxygens (including phenoxy) is 2. The summed E-state index contributed by atoms with van der Waals surface area (Å²) in [6.45, 7) is 7.75. The summed E-state index contributed by atoms with van der Waals surface area (Å²) in [4.78, 5) is 10.7. The average Bonchev–Trinajstić information content (AvgIpc) is 2.37. The molecule has 5 heteroatoms. The van der Waals surface area contributed by atoms with Gasteiger partial charge in [-0.25, -0.2) is 4.79 Å². The molecule has 0 heterocycles. The van der Waals surface area contributed by atoms with Crippen molar-refractivity contribution in [3.05, 3.63) is 33.8 Å². The van der Waals surface area contributed by atoms with Crippen LogP contribution in [0.3, 0.4) is 0 Å². The number of carboxylic acid groups (broad SMARTS) is 1. The minimum Gasteiger partial charge on any atom is -0.490 e. The van der Waals surface area contributed by atoms with Gasteiger partial charge in [0.2, 0.25) is 0 Å². The molecule has 0 amide bonds. The lowest BCUT2D eigenvalue weighted by atomic mass is 10.1. The summed E-state index contributed by atoms with van der Waals surface area (Å²) in [5.74, 6) is 0.191. The molecule has 0 saturated carbocycles. The third-order valence-corrected chi connectivity index (χ3v) is 3.06. The number of carbonyl (C=O) groups is 1. The normalized spacial score (nSPS) is 11.3. The average molecular weight is 357 g/mol. The van der Waals surface area contributed by atoms with E-state index in [1.165, 1.54) is 6.08 Å². The molecule has 0 atom stereocenters. The summed E-state index contributed by atoms with van der Waals surface area (Å²) < 4.78 is 12.1. The molecule has 21 heavy (non-hydrogen) atoms. The predicted octanol–water partition coefficient (Wildman–Crippen LogP) is 3.91. The number of rotatable bonds is 8. The van der Waals surface area contributed by atoms with Crippen LogP contribution >= 0.6 is 15.9 Å². The largest absolute Gasteiger partial charge is 0.490 e. The first-order chi connectivity index (χ1) is 9.90. The van der Waals surface area contributed by atoms with Crippen LogP contribution in [0, 0.1) is 12.8 Å². The molecule has 1 rings (SSSR count). The van der Waals surface area contributed by atoms with Crippen molar-refractivity contribution < 1.29 is 19.4 Å². The Morgan fingerprint density at radius 1 is 1.38 bits per heavy atom. The number of carboxylic acids is 1. The van der Waals surface area contributed by atoms with Gasteiger partial charge in [0, 0.05) is 22.7 Å². The smallest absolute Gasteiger partial charge is 0.328 e. The van der Waals surface area contributed by atoms with Gasteiger partial charge in [0.1, 0.15) is 12.4 Å². The number of benzene rings is 1. The van der Waals surface area contributed by atoms with Crippen LogP contribution in [0.5, 0.6) is 5.75 Å². The second kappa shape index (κ2) is 8.85. The Hall–Kier alpha value is -1.33. The Labute approximate surface area is 133 Å². The number of hydrogen-bond acceptors (Lipinski definition) is 3. The molecule has 0 radical (unpaired) electrons. The maximum atomic E-state index is 10.7. The third-order valence-electron chi connectivity index (χ3n) is 2.60. The van der Waals surface area contributed by atoms with Crippen molar-refractivity contribution in [2.24, 2.45) is 5.92 Å². The van der Waals surface area contributed by atoms with E-state index >= 15 is 0 Å². The van der Waals surface area contributed by atoms with Gasteiger partial charge in [-0.3, -0.25) is 0 Å². The van der Waals surface area contributed by atoms with Crippen molar-refractivity contribution in [3.63, 3.8) is 0 Å². The lowest BCUT2D eigenvalue weighted by Gasteiger charge is -2.13. The van der Waals surface area contributed by atoms with Crippen LogP contribution in [-0.4, -0.2) is 30.9 Å². The molecule has 116 valence electrons. The molecule has 0 spiro atoms. The summed E-state index contributed by atoms with van der Waals surface area (Å²) in [6.07, 6.45) is 2.63. The zero-order valence-electron chi connectivity index (χ0n) is 12.6. The van der Waals surface area contributed by atoms with E-state index < -0.39 is 5.97 Å². The van der Waals surface area contributed by atoms with Crippen LogP contribution < -0.4 is 4.74 Å². The van der Waals surface area contributed by atoms with Gasteiger partial charge in [-0.1, -0.05) is 29.8 Å². The third kappa shape index (κ3) is 6.78. The fourth-order valence-corrected chi connectivity index (χ4v) is 2.35. The molecule has 0 aliphatic carbocycles. The Kier molecular flexibility index (Phi) is 7.47. The van der Waals surface area contributed by atoms with Gasteiger partial charge in [0.25, 0.3) is 0 Å². The molecule has 0 aliphatic rings. The first-order valence-electron chi connectivity index (χ1n) is 6.82. The van der Waals surface area contributed by atoms with Crippen LogP contribution in [-0.2, 0) is 9.53 Å². The summed E-state index contributed by atoms with van der Waals surface area (Å²) in [6, 6.07) is 3.76. The Balaban J connectivity index is 2.73. The molecule has 0 aliphatic heterocycles. The molecule has 0 fully saturated rings. The number of halogens is 1. The standard InChI is InChI=1S/C16H21BrO4/c1-11(2)10-20-6-7-21-16-12(3)8-14(17)9-13(16)4-5-15(18)19/h4-5,8-9,11H,6-7,10H2,1-3H3,(H,18,19)/b5-4+. The van der Waals surface area contributed by atoms with Gasteiger partial charge >= 0.3 is 5.97 Å². The van der Waals surface area contributed by atoms with Crippen LogP contribution in [0.2, 0.25) is 0 Å². The molecule has 0 unspecified atom stereocenters. The Bertz CT molecular complexity index is 509. The summed E-state index contributed by atoms with van der Waals surface area (Å²) in [7, 11) is 0. The molecule has 0 bridgehead atoms. The van der Waals surface area contributed by atoms with Crippen LogP contribution in [0.25, 0.3) is 6.08 Å². The molecule has 0 aromatic heterocycles.